The molecule has 0 saturated carbocycles. The van der Waals surface area contributed by atoms with Gasteiger partial charge < -0.3 is 24.1 Å². The van der Waals surface area contributed by atoms with Crippen molar-refractivity contribution in [2.75, 3.05) is 18.7 Å². The SMILES string of the molecule is CCOc1ccc2c(ccn2CC(=O)Nc2ccc3c(c2)OCO3)c1. The lowest BCUT2D eigenvalue weighted by atomic mass is 10.2. The Hall–Kier alpha value is -3.15. The van der Waals surface area contributed by atoms with Gasteiger partial charge in [-0.15, -0.1) is 0 Å². The van der Waals surface area contributed by atoms with Crippen LogP contribution in [0, 0.1) is 0 Å². The molecule has 0 unspecified atom stereocenters. The van der Waals surface area contributed by atoms with Crippen molar-refractivity contribution in [2.24, 2.45) is 0 Å². The number of anilines is 1. The maximum absolute atomic E-state index is 12.4. The quantitative estimate of drug-likeness (QED) is 0.774. The van der Waals surface area contributed by atoms with Gasteiger partial charge in [0.15, 0.2) is 11.5 Å². The third-order valence-electron chi connectivity index (χ3n) is 4.02. The van der Waals surface area contributed by atoms with E-state index in [1.54, 1.807) is 18.2 Å². The van der Waals surface area contributed by atoms with Crippen LogP contribution < -0.4 is 19.5 Å². The number of carbonyl (C=O) groups excluding carboxylic acids is 1. The molecular weight excluding hydrogens is 320 g/mol. The molecule has 6 nitrogen and oxygen atoms in total. The number of hydrogen-bond acceptors (Lipinski definition) is 4. The fourth-order valence-electron chi connectivity index (χ4n) is 2.90. The highest BCUT2D eigenvalue weighted by molar-refractivity contribution is 5.92. The normalized spacial score (nSPS) is 12.4. The van der Waals surface area contributed by atoms with Crippen LogP contribution in [0.3, 0.4) is 0 Å². The third kappa shape index (κ3) is 3.10. The van der Waals surface area contributed by atoms with Gasteiger partial charge in [0.1, 0.15) is 12.3 Å². The zero-order chi connectivity index (χ0) is 17.2. The van der Waals surface area contributed by atoms with Crippen LogP contribution in [0.5, 0.6) is 17.2 Å². The van der Waals surface area contributed by atoms with Crippen molar-refractivity contribution in [1.82, 2.24) is 4.57 Å². The van der Waals surface area contributed by atoms with E-state index >= 15 is 0 Å². The van der Waals surface area contributed by atoms with E-state index in [1.165, 1.54) is 0 Å². The molecule has 1 aromatic heterocycles. The van der Waals surface area contributed by atoms with E-state index in [9.17, 15) is 4.79 Å². The van der Waals surface area contributed by atoms with Crippen LogP contribution in [-0.4, -0.2) is 23.9 Å². The van der Waals surface area contributed by atoms with Crippen LogP contribution in [0.2, 0.25) is 0 Å². The summed E-state index contributed by atoms with van der Waals surface area (Å²) in [6, 6.07) is 13.2. The monoisotopic (exact) mass is 338 g/mol. The minimum Gasteiger partial charge on any atom is -0.494 e. The average Bonchev–Trinajstić information content (AvgIpc) is 3.21. The van der Waals surface area contributed by atoms with Crippen molar-refractivity contribution in [3.8, 4) is 17.2 Å². The summed E-state index contributed by atoms with van der Waals surface area (Å²) in [6.07, 6.45) is 1.90. The second-order valence-corrected chi connectivity index (χ2v) is 5.71. The number of aromatic nitrogens is 1. The zero-order valence-corrected chi connectivity index (χ0v) is 13.8. The molecule has 3 aromatic rings. The molecule has 0 radical (unpaired) electrons. The number of carbonyl (C=O) groups is 1. The van der Waals surface area contributed by atoms with Crippen LogP contribution in [0.1, 0.15) is 6.92 Å². The van der Waals surface area contributed by atoms with Crippen molar-refractivity contribution >= 4 is 22.5 Å². The molecular formula is C19H18N2O4. The minimum atomic E-state index is -0.106. The molecule has 0 fully saturated rings. The van der Waals surface area contributed by atoms with Crippen LogP contribution in [0.25, 0.3) is 10.9 Å². The fraction of sp³-hybridized carbons (Fsp3) is 0.211. The summed E-state index contributed by atoms with van der Waals surface area (Å²) in [7, 11) is 0. The largest absolute Gasteiger partial charge is 0.494 e. The molecule has 0 atom stereocenters. The van der Waals surface area contributed by atoms with E-state index in [-0.39, 0.29) is 19.2 Å². The van der Waals surface area contributed by atoms with E-state index in [0.29, 0.717) is 23.8 Å². The topological polar surface area (TPSA) is 61.7 Å². The van der Waals surface area contributed by atoms with Gasteiger partial charge in [0.2, 0.25) is 12.7 Å². The molecule has 4 rings (SSSR count). The summed E-state index contributed by atoms with van der Waals surface area (Å²) in [4.78, 5) is 12.4. The number of hydrogen-bond donors (Lipinski definition) is 1. The number of benzene rings is 2. The Morgan fingerprint density at radius 2 is 2.04 bits per heavy atom. The summed E-state index contributed by atoms with van der Waals surface area (Å²) in [6.45, 7) is 3.03. The lowest BCUT2D eigenvalue weighted by Crippen LogP contribution is -2.18. The maximum atomic E-state index is 12.4. The zero-order valence-electron chi connectivity index (χ0n) is 13.8. The van der Waals surface area contributed by atoms with E-state index in [4.69, 9.17) is 14.2 Å². The first-order valence-corrected chi connectivity index (χ1v) is 8.14. The van der Waals surface area contributed by atoms with Crippen molar-refractivity contribution in [3.63, 3.8) is 0 Å². The number of amides is 1. The molecule has 0 aliphatic carbocycles. The number of ether oxygens (including phenoxy) is 3. The van der Waals surface area contributed by atoms with Gasteiger partial charge in [-0.1, -0.05) is 0 Å². The van der Waals surface area contributed by atoms with Gasteiger partial charge in [0.05, 0.1) is 6.61 Å². The fourth-order valence-corrected chi connectivity index (χ4v) is 2.90. The van der Waals surface area contributed by atoms with E-state index in [0.717, 1.165) is 16.7 Å². The molecule has 1 aliphatic rings. The Balaban J connectivity index is 1.48. The predicted molar refractivity (Wildman–Crippen MR) is 94.3 cm³/mol. The highest BCUT2D eigenvalue weighted by atomic mass is 16.7. The Bertz CT molecular complexity index is 932. The van der Waals surface area contributed by atoms with Gasteiger partial charge in [-0.05, 0) is 43.3 Å². The maximum Gasteiger partial charge on any atom is 0.244 e. The standard InChI is InChI=1S/C19H18N2O4/c1-2-23-15-4-5-16-13(9-15)7-8-21(16)11-19(22)20-14-3-6-17-18(10-14)25-12-24-17/h3-10H,2,11-12H2,1H3,(H,20,22). The number of nitrogens with zero attached hydrogens (tertiary/aromatic N) is 1. The van der Waals surface area contributed by atoms with Crippen molar-refractivity contribution in [2.45, 2.75) is 13.5 Å². The first-order valence-electron chi connectivity index (χ1n) is 8.14. The highest BCUT2D eigenvalue weighted by Gasteiger charge is 2.14. The summed E-state index contributed by atoms with van der Waals surface area (Å²) >= 11 is 0. The number of rotatable bonds is 5. The van der Waals surface area contributed by atoms with Crippen LogP contribution in [-0.2, 0) is 11.3 Å². The summed E-state index contributed by atoms with van der Waals surface area (Å²) in [5.41, 5.74) is 1.67. The second-order valence-electron chi connectivity index (χ2n) is 5.71. The lowest BCUT2D eigenvalue weighted by Gasteiger charge is -2.09. The van der Waals surface area contributed by atoms with Gasteiger partial charge in [0.25, 0.3) is 0 Å². The smallest absolute Gasteiger partial charge is 0.244 e. The molecule has 1 aliphatic heterocycles. The summed E-state index contributed by atoms with van der Waals surface area (Å²) in [5, 5.41) is 3.93. The Morgan fingerprint density at radius 3 is 2.92 bits per heavy atom. The third-order valence-corrected chi connectivity index (χ3v) is 4.02. The van der Waals surface area contributed by atoms with Crippen molar-refractivity contribution in [1.29, 1.82) is 0 Å². The number of fused-ring (bicyclic) bond motifs is 2. The van der Waals surface area contributed by atoms with Crippen LogP contribution in [0.15, 0.2) is 48.7 Å². The molecule has 0 spiro atoms. The Labute approximate surface area is 144 Å². The van der Waals surface area contributed by atoms with Gasteiger partial charge in [-0.2, -0.15) is 0 Å². The van der Waals surface area contributed by atoms with Gasteiger partial charge in [-0.25, -0.2) is 0 Å². The molecule has 25 heavy (non-hydrogen) atoms. The van der Waals surface area contributed by atoms with Crippen molar-refractivity contribution < 1.29 is 19.0 Å². The molecule has 1 amide bonds. The van der Waals surface area contributed by atoms with E-state index < -0.39 is 0 Å². The molecule has 0 saturated heterocycles. The minimum absolute atomic E-state index is 0.106. The predicted octanol–water partition coefficient (Wildman–Crippen LogP) is 3.41. The molecule has 128 valence electrons. The molecule has 2 heterocycles. The van der Waals surface area contributed by atoms with Crippen molar-refractivity contribution in [3.05, 3.63) is 48.7 Å². The lowest BCUT2D eigenvalue weighted by molar-refractivity contribution is -0.116. The molecule has 2 aromatic carbocycles. The molecule has 0 bridgehead atoms. The average molecular weight is 338 g/mol. The highest BCUT2D eigenvalue weighted by Crippen LogP contribution is 2.34. The van der Waals surface area contributed by atoms with Crippen LogP contribution >= 0.6 is 0 Å². The summed E-state index contributed by atoms with van der Waals surface area (Å²) < 4.78 is 18.0. The van der Waals surface area contributed by atoms with Gasteiger partial charge in [0, 0.05) is 28.9 Å². The Kier molecular flexibility index (Phi) is 3.93. The summed E-state index contributed by atoms with van der Waals surface area (Å²) in [5.74, 6) is 2.06. The van der Waals surface area contributed by atoms with E-state index in [1.807, 2.05) is 42.0 Å². The first-order chi connectivity index (χ1) is 12.2. The van der Waals surface area contributed by atoms with Crippen LogP contribution in [0.4, 0.5) is 5.69 Å². The Morgan fingerprint density at radius 1 is 1.16 bits per heavy atom. The second kappa shape index (κ2) is 6.39. The van der Waals surface area contributed by atoms with E-state index in [2.05, 4.69) is 5.32 Å². The molecule has 1 N–H and O–H groups in total. The number of nitrogens with one attached hydrogen (secondary N) is 1. The van der Waals surface area contributed by atoms with Gasteiger partial charge >= 0.3 is 0 Å². The first kappa shape index (κ1) is 15.4. The van der Waals surface area contributed by atoms with Gasteiger partial charge in [-0.3, -0.25) is 4.79 Å². The molecule has 6 heteroatoms.